The van der Waals surface area contributed by atoms with Gasteiger partial charge in [-0.25, -0.2) is 0 Å². The van der Waals surface area contributed by atoms with Gasteiger partial charge in [-0.05, 0) is 31.5 Å². The summed E-state index contributed by atoms with van der Waals surface area (Å²) >= 11 is 0. The van der Waals surface area contributed by atoms with Gasteiger partial charge in [0.1, 0.15) is 18.4 Å². The number of nitriles is 1. The maximum Gasteiger partial charge on any atom is 0.137 e. The molecule has 0 radical (unpaired) electrons. The number of benzene rings is 1. The Bertz CT molecular complexity index is 364. The monoisotopic (exact) mass is 202 g/mol. The summed E-state index contributed by atoms with van der Waals surface area (Å²) in [7, 11) is 0. The summed E-state index contributed by atoms with van der Waals surface area (Å²) in [4.78, 5) is 0. The molecule has 1 saturated heterocycles. The fourth-order valence-electron chi connectivity index (χ4n) is 1.77. The lowest BCUT2D eigenvalue weighted by atomic mass is 10.2. The predicted molar refractivity (Wildman–Crippen MR) is 57.7 cm³/mol. The van der Waals surface area contributed by atoms with Gasteiger partial charge in [-0.1, -0.05) is 12.1 Å². The molecule has 0 bridgehead atoms. The van der Waals surface area contributed by atoms with Gasteiger partial charge in [0.2, 0.25) is 0 Å². The lowest BCUT2D eigenvalue weighted by Crippen LogP contribution is -2.28. The summed E-state index contributed by atoms with van der Waals surface area (Å²) in [5.74, 6) is 0.689. The summed E-state index contributed by atoms with van der Waals surface area (Å²) in [5, 5.41) is 12.2. The van der Waals surface area contributed by atoms with Gasteiger partial charge in [0.15, 0.2) is 0 Å². The van der Waals surface area contributed by atoms with Gasteiger partial charge in [-0.2, -0.15) is 5.26 Å². The highest BCUT2D eigenvalue weighted by Crippen LogP contribution is 2.17. The first-order valence-corrected chi connectivity index (χ1v) is 5.25. The van der Waals surface area contributed by atoms with Crippen molar-refractivity contribution in [1.82, 2.24) is 5.32 Å². The van der Waals surface area contributed by atoms with Crippen LogP contribution in [0.25, 0.3) is 0 Å². The largest absolute Gasteiger partial charge is 0.491 e. The van der Waals surface area contributed by atoms with Crippen molar-refractivity contribution in [3.05, 3.63) is 29.8 Å². The Balaban J connectivity index is 1.95. The van der Waals surface area contributed by atoms with Crippen molar-refractivity contribution >= 4 is 0 Å². The topological polar surface area (TPSA) is 45.0 Å². The Labute approximate surface area is 89.7 Å². The second kappa shape index (κ2) is 4.81. The zero-order chi connectivity index (χ0) is 10.5. The fraction of sp³-hybridized carbons (Fsp3) is 0.417. The van der Waals surface area contributed by atoms with Gasteiger partial charge in [-0.15, -0.1) is 0 Å². The van der Waals surface area contributed by atoms with Crippen molar-refractivity contribution in [2.75, 3.05) is 13.2 Å². The maximum atomic E-state index is 8.86. The number of nitrogens with one attached hydrogen (secondary N) is 1. The number of rotatable bonds is 3. The van der Waals surface area contributed by atoms with Gasteiger partial charge in [0, 0.05) is 6.04 Å². The van der Waals surface area contributed by atoms with Crippen LogP contribution in [-0.2, 0) is 0 Å². The van der Waals surface area contributed by atoms with E-state index in [-0.39, 0.29) is 0 Å². The van der Waals surface area contributed by atoms with Crippen LogP contribution in [0.15, 0.2) is 24.3 Å². The number of ether oxygens (including phenoxy) is 1. The van der Waals surface area contributed by atoms with Crippen molar-refractivity contribution < 1.29 is 4.74 Å². The minimum absolute atomic E-state index is 0.441. The SMILES string of the molecule is N#Cc1ccccc1OC[C@@H]1CCCN1. The Morgan fingerprint density at radius 3 is 3.07 bits per heavy atom. The van der Waals surface area contributed by atoms with Gasteiger partial charge in [-0.3, -0.25) is 0 Å². The highest BCUT2D eigenvalue weighted by Gasteiger charge is 2.14. The highest BCUT2D eigenvalue weighted by atomic mass is 16.5. The zero-order valence-corrected chi connectivity index (χ0v) is 8.57. The maximum absolute atomic E-state index is 8.86. The summed E-state index contributed by atoms with van der Waals surface area (Å²) in [5.41, 5.74) is 0.607. The minimum Gasteiger partial charge on any atom is -0.491 e. The highest BCUT2D eigenvalue weighted by molar-refractivity contribution is 5.42. The van der Waals surface area contributed by atoms with Crippen LogP contribution < -0.4 is 10.1 Å². The van der Waals surface area contributed by atoms with Crippen LogP contribution in [0.3, 0.4) is 0 Å². The molecule has 1 aromatic carbocycles. The molecular formula is C12H14N2O. The van der Waals surface area contributed by atoms with E-state index in [1.165, 1.54) is 6.42 Å². The quantitative estimate of drug-likeness (QED) is 0.811. The molecule has 0 amide bonds. The molecule has 2 rings (SSSR count). The van der Waals surface area contributed by atoms with E-state index in [0.717, 1.165) is 13.0 Å². The lowest BCUT2D eigenvalue weighted by Gasteiger charge is -2.12. The number of nitrogens with zero attached hydrogens (tertiary/aromatic N) is 1. The van der Waals surface area contributed by atoms with Crippen LogP contribution in [-0.4, -0.2) is 19.2 Å². The Kier molecular flexibility index (Phi) is 3.21. The molecule has 3 heteroatoms. The first kappa shape index (κ1) is 10.0. The van der Waals surface area contributed by atoms with Crippen molar-refractivity contribution in [3.63, 3.8) is 0 Å². The van der Waals surface area contributed by atoms with Gasteiger partial charge < -0.3 is 10.1 Å². The second-order valence-corrected chi connectivity index (χ2v) is 3.71. The van der Waals surface area contributed by atoms with E-state index in [1.807, 2.05) is 18.2 Å². The van der Waals surface area contributed by atoms with Crippen LogP contribution in [0.2, 0.25) is 0 Å². The molecule has 1 atom stereocenters. The number of hydrogen-bond acceptors (Lipinski definition) is 3. The van der Waals surface area contributed by atoms with E-state index in [0.29, 0.717) is 24.0 Å². The van der Waals surface area contributed by atoms with E-state index in [9.17, 15) is 0 Å². The molecule has 1 heterocycles. The second-order valence-electron chi connectivity index (χ2n) is 3.71. The summed E-state index contributed by atoms with van der Waals surface area (Å²) in [6.45, 7) is 1.73. The Hall–Kier alpha value is -1.53. The first-order chi connectivity index (χ1) is 7.40. The molecule has 15 heavy (non-hydrogen) atoms. The molecule has 1 N–H and O–H groups in total. The molecule has 0 spiro atoms. The molecule has 0 aromatic heterocycles. The first-order valence-electron chi connectivity index (χ1n) is 5.25. The summed E-state index contributed by atoms with van der Waals surface area (Å²) in [6, 6.07) is 9.92. The molecule has 1 aliphatic heterocycles. The van der Waals surface area contributed by atoms with Crippen LogP contribution in [0.1, 0.15) is 18.4 Å². The average Bonchev–Trinajstić information content (AvgIpc) is 2.79. The smallest absolute Gasteiger partial charge is 0.137 e. The Morgan fingerprint density at radius 1 is 1.47 bits per heavy atom. The summed E-state index contributed by atoms with van der Waals surface area (Å²) < 4.78 is 5.63. The molecule has 0 unspecified atom stereocenters. The zero-order valence-electron chi connectivity index (χ0n) is 8.57. The normalized spacial score (nSPS) is 19.8. The number of hydrogen-bond donors (Lipinski definition) is 1. The van der Waals surface area contributed by atoms with Crippen LogP contribution in [0.5, 0.6) is 5.75 Å². The molecule has 3 nitrogen and oxygen atoms in total. The molecule has 0 aliphatic carbocycles. The summed E-state index contributed by atoms with van der Waals surface area (Å²) in [6.07, 6.45) is 2.38. The third-order valence-electron chi connectivity index (χ3n) is 2.61. The third-order valence-corrected chi connectivity index (χ3v) is 2.61. The molecular weight excluding hydrogens is 188 g/mol. The van der Waals surface area contributed by atoms with E-state index < -0.39 is 0 Å². The molecule has 0 saturated carbocycles. The van der Waals surface area contributed by atoms with Crippen molar-refractivity contribution in [2.45, 2.75) is 18.9 Å². The molecule has 1 fully saturated rings. The van der Waals surface area contributed by atoms with Crippen molar-refractivity contribution in [2.24, 2.45) is 0 Å². The van der Waals surface area contributed by atoms with Crippen LogP contribution >= 0.6 is 0 Å². The molecule has 78 valence electrons. The lowest BCUT2D eigenvalue weighted by molar-refractivity contribution is 0.276. The third kappa shape index (κ3) is 2.48. The Morgan fingerprint density at radius 2 is 2.33 bits per heavy atom. The van der Waals surface area contributed by atoms with E-state index >= 15 is 0 Å². The van der Waals surface area contributed by atoms with E-state index in [2.05, 4.69) is 11.4 Å². The minimum atomic E-state index is 0.441. The van der Waals surface area contributed by atoms with Crippen molar-refractivity contribution in [3.8, 4) is 11.8 Å². The van der Waals surface area contributed by atoms with Crippen molar-refractivity contribution in [1.29, 1.82) is 5.26 Å². The fourth-order valence-corrected chi connectivity index (χ4v) is 1.77. The van der Waals surface area contributed by atoms with Gasteiger partial charge >= 0.3 is 0 Å². The van der Waals surface area contributed by atoms with Crippen LogP contribution in [0, 0.1) is 11.3 Å². The predicted octanol–water partition coefficient (Wildman–Crippen LogP) is 1.69. The average molecular weight is 202 g/mol. The van der Waals surface area contributed by atoms with Gasteiger partial charge in [0.25, 0.3) is 0 Å². The van der Waals surface area contributed by atoms with E-state index in [1.54, 1.807) is 6.07 Å². The molecule has 1 aromatic rings. The molecule has 1 aliphatic rings. The van der Waals surface area contributed by atoms with Gasteiger partial charge in [0.05, 0.1) is 5.56 Å². The van der Waals surface area contributed by atoms with Crippen LogP contribution in [0.4, 0.5) is 0 Å². The van der Waals surface area contributed by atoms with E-state index in [4.69, 9.17) is 10.00 Å². The standard InChI is InChI=1S/C12H14N2O/c13-8-10-4-1-2-6-12(10)15-9-11-5-3-7-14-11/h1-2,4,6,11,14H,3,5,7,9H2/t11-/m0/s1. The number of para-hydroxylation sites is 1.